The molecule has 5 rings (SSSR count). The van der Waals surface area contributed by atoms with Crippen LogP contribution in [0.25, 0.3) is 28.0 Å². The van der Waals surface area contributed by atoms with Crippen LogP contribution in [0.2, 0.25) is 0 Å². The number of H-pyrrole nitrogens is 1. The number of aliphatic hydroxyl groups is 1. The molecule has 1 unspecified atom stereocenters. The Kier molecular flexibility index (Phi) is 4.67. The van der Waals surface area contributed by atoms with Crippen molar-refractivity contribution in [2.75, 3.05) is 12.8 Å². The third-order valence-electron chi connectivity index (χ3n) is 5.48. The zero-order chi connectivity index (χ0) is 22.3. The highest BCUT2D eigenvalue weighted by molar-refractivity contribution is 5.91. The summed E-state index contributed by atoms with van der Waals surface area (Å²) in [4.78, 5) is 21.2. The lowest BCUT2D eigenvalue weighted by Gasteiger charge is -2.23. The third-order valence-corrected chi connectivity index (χ3v) is 5.48. The van der Waals surface area contributed by atoms with Crippen molar-refractivity contribution in [1.82, 2.24) is 29.9 Å². The van der Waals surface area contributed by atoms with Gasteiger partial charge in [0.1, 0.15) is 11.1 Å². The van der Waals surface area contributed by atoms with E-state index >= 15 is 0 Å². The number of aromatic nitrogens is 5. The van der Waals surface area contributed by atoms with Gasteiger partial charge in [0.2, 0.25) is 5.95 Å². The van der Waals surface area contributed by atoms with Gasteiger partial charge in [0.25, 0.3) is 0 Å². The second-order valence-electron chi connectivity index (χ2n) is 7.82. The van der Waals surface area contributed by atoms with Gasteiger partial charge < -0.3 is 15.8 Å². The number of aromatic amines is 1. The lowest BCUT2D eigenvalue weighted by Crippen LogP contribution is -2.25. The van der Waals surface area contributed by atoms with E-state index in [0.29, 0.717) is 34.5 Å². The van der Waals surface area contributed by atoms with Gasteiger partial charge in [-0.3, -0.25) is 5.01 Å². The SMILES string of the molecule is CN1C=C(c2cnc3[nH]cc(-c4cc(C(C)(O)c5ccccc5)nc(N)n4)c3n2)CC=N1. The summed E-state index contributed by atoms with van der Waals surface area (Å²) in [6, 6.07) is 11.1. The molecule has 0 fully saturated rings. The molecule has 0 aliphatic carbocycles. The van der Waals surface area contributed by atoms with Crippen molar-refractivity contribution in [3.8, 4) is 11.3 Å². The van der Waals surface area contributed by atoms with Gasteiger partial charge in [-0.1, -0.05) is 30.3 Å². The number of nitrogens with one attached hydrogen (secondary N) is 1. The minimum absolute atomic E-state index is 0.0694. The Morgan fingerprint density at radius 1 is 1.12 bits per heavy atom. The molecule has 32 heavy (non-hydrogen) atoms. The second kappa shape index (κ2) is 7.54. The maximum atomic E-state index is 11.2. The van der Waals surface area contributed by atoms with Crippen LogP contribution in [0.5, 0.6) is 0 Å². The Balaban J connectivity index is 1.61. The fraction of sp³-hybridized carbons (Fsp3) is 0.174. The van der Waals surface area contributed by atoms with E-state index in [1.54, 1.807) is 30.4 Å². The number of benzene rings is 1. The van der Waals surface area contributed by atoms with Crippen LogP contribution in [0, 0.1) is 0 Å². The smallest absolute Gasteiger partial charge is 0.220 e. The van der Waals surface area contributed by atoms with Crippen molar-refractivity contribution >= 4 is 28.9 Å². The molecule has 0 spiro atoms. The van der Waals surface area contributed by atoms with Crippen molar-refractivity contribution < 1.29 is 5.11 Å². The lowest BCUT2D eigenvalue weighted by molar-refractivity contribution is 0.0975. The quantitative estimate of drug-likeness (QED) is 0.457. The Hall–Kier alpha value is -4.11. The van der Waals surface area contributed by atoms with Crippen molar-refractivity contribution in [3.63, 3.8) is 0 Å². The molecule has 9 nitrogen and oxygen atoms in total. The second-order valence-corrected chi connectivity index (χ2v) is 7.82. The summed E-state index contributed by atoms with van der Waals surface area (Å²) in [5.41, 5.74) is 10.2. The highest BCUT2D eigenvalue weighted by Gasteiger charge is 2.29. The summed E-state index contributed by atoms with van der Waals surface area (Å²) in [7, 11) is 1.87. The first-order chi connectivity index (χ1) is 15.4. The van der Waals surface area contributed by atoms with Gasteiger partial charge in [-0.2, -0.15) is 5.10 Å². The molecular weight excluding hydrogens is 404 g/mol. The van der Waals surface area contributed by atoms with Crippen molar-refractivity contribution in [2.24, 2.45) is 5.10 Å². The minimum atomic E-state index is -1.34. The van der Waals surface area contributed by atoms with Crippen LogP contribution in [-0.4, -0.2) is 48.3 Å². The molecule has 0 radical (unpaired) electrons. The van der Waals surface area contributed by atoms with Gasteiger partial charge in [-0.05, 0) is 18.6 Å². The van der Waals surface area contributed by atoms with Gasteiger partial charge in [-0.25, -0.2) is 19.9 Å². The van der Waals surface area contributed by atoms with Crippen LogP contribution >= 0.6 is 0 Å². The van der Waals surface area contributed by atoms with Crippen molar-refractivity contribution in [1.29, 1.82) is 0 Å². The zero-order valence-electron chi connectivity index (χ0n) is 17.7. The summed E-state index contributed by atoms with van der Waals surface area (Å²) in [5.74, 6) is 0.0694. The summed E-state index contributed by atoms with van der Waals surface area (Å²) < 4.78 is 0. The molecule has 160 valence electrons. The standard InChI is InChI=1S/C23H22N8O/c1-23(32,15-6-4-3-5-7-15)19-10-17(29-22(24)30-19)16-11-25-21-20(16)28-18(12-26-21)14-8-9-27-31(2)13-14/h3-7,9-13,32H,8H2,1-2H3,(H,25,26)(H2,24,29,30). The van der Waals surface area contributed by atoms with Crippen molar-refractivity contribution in [2.45, 2.75) is 18.9 Å². The first-order valence-corrected chi connectivity index (χ1v) is 10.2. The zero-order valence-corrected chi connectivity index (χ0v) is 17.7. The number of nitrogens with two attached hydrogens (primary N) is 1. The number of anilines is 1. The average molecular weight is 426 g/mol. The van der Waals surface area contributed by atoms with E-state index in [4.69, 9.17) is 10.7 Å². The van der Waals surface area contributed by atoms with Gasteiger partial charge in [-0.15, -0.1) is 0 Å². The predicted molar refractivity (Wildman–Crippen MR) is 123 cm³/mol. The summed E-state index contributed by atoms with van der Waals surface area (Å²) in [5, 5.41) is 17.2. The van der Waals surface area contributed by atoms with Crippen LogP contribution in [0.1, 0.15) is 30.3 Å². The van der Waals surface area contributed by atoms with E-state index in [0.717, 1.165) is 16.8 Å². The molecule has 3 aromatic heterocycles. The van der Waals surface area contributed by atoms with Gasteiger partial charge in [0, 0.05) is 43.2 Å². The molecular formula is C23H22N8O. The summed E-state index contributed by atoms with van der Waals surface area (Å²) in [6.45, 7) is 1.69. The van der Waals surface area contributed by atoms with Crippen LogP contribution in [-0.2, 0) is 5.60 Å². The number of hydrazone groups is 1. The van der Waals surface area contributed by atoms with Gasteiger partial charge in [0.15, 0.2) is 5.65 Å². The van der Waals surface area contributed by atoms with Crippen LogP contribution in [0.3, 0.4) is 0 Å². The maximum absolute atomic E-state index is 11.2. The number of rotatable bonds is 4. The summed E-state index contributed by atoms with van der Waals surface area (Å²) >= 11 is 0. The van der Waals surface area contributed by atoms with Gasteiger partial charge >= 0.3 is 0 Å². The van der Waals surface area contributed by atoms with E-state index in [2.05, 4.69) is 25.0 Å². The van der Waals surface area contributed by atoms with Crippen LogP contribution < -0.4 is 5.73 Å². The molecule has 0 bridgehead atoms. The number of hydrogen-bond acceptors (Lipinski definition) is 8. The molecule has 1 atom stereocenters. The fourth-order valence-electron chi connectivity index (χ4n) is 3.76. The number of nitrogens with zero attached hydrogens (tertiary/aromatic N) is 6. The number of allylic oxidation sites excluding steroid dienone is 1. The van der Waals surface area contributed by atoms with E-state index < -0.39 is 5.60 Å². The molecule has 0 saturated heterocycles. The largest absolute Gasteiger partial charge is 0.379 e. The Morgan fingerprint density at radius 3 is 2.72 bits per heavy atom. The molecule has 4 heterocycles. The molecule has 1 aromatic carbocycles. The Labute approximate surface area is 184 Å². The first kappa shape index (κ1) is 19.8. The van der Waals surface area contributed by atoms with E-state index in [1.807, 2.05) is 49.8 Å². The topological polar surface area (TPSA) is 129 Å². The van der Waals surface area contributed by atoms with Crippen LogP contribution in [0.15, 0.2) is 60.1 Å². The molecule has 0 amide bonds. The molecule has 0 saturated carbocycles. The highest BCUT2D eigenvalue weighted by atomic mass is 16.3. The summed E-state index contributed by atoms with van der Waals surface area (Å²) in [6.07, 6.45) is 7.97. The fourth-order valence-corrected chi connectivity index (χ4v) is 3.76. The Morgan fingerprint density at radius 2 is 1.94 bits per heavy atom. The van der Waals surface area contributed by atoms with Gasteiger partial charge in [0.05, 0.1) is 23.3 Å². The average Bonchev–Trinajstić information content (AvgIpc) is 3.22. The molecule has 1 aliphatic rings. The van der Waals surface area contributed by atoms with Crippen LogP contribution in [0.4, 0.5) is 5.95 Å². The van der Waals surface area contributed by atoms with E-state index in [-0.39, 0.29) is 5.95 Å². The van der Waals surface area contributed by atoms with Crippen molar-refractivity contribution in [3.05, 3.63) is 71.9 Å². The Bertz CT molecular complexity index is 1360. The third kappa shape index (κ3) is 3.48. The first-order valence-electron chi connectivity index (χ1n) is 10.2. The molecule has 1 aliphatic heterocycles. The minimum Gasteiger partial charge on any atom is -0.379 e. The molecule has 4 N–H and O–H groups in total. The number of nitrogen functional groups attached to an aromatic ring is 1. The maximum Gasteiger partial charge on any atom is 0.220 e. The normalized spacial score (nSPS) is 15.6. The molecule has 4 aromatic rings. The lowest BCUT2D eigenvalue weighted by atomic mass is 9.91. The highest BCUT2D eigenvalue weighted by Crippen LogP contribution is 2.33. The van der Waals surface area contributed by atoms with E-state index in [9.17, 15) is 5.11 Å². The monoisotopic (exact) mass is 426 g/mol. The molecule has 9 heteroatoms. The predicted octanol–water partition coefficient (Wildman–Crippen LogP) is 2.92. The van der Waals surface area contributed by atoms with E-state index in [1.165, 1.54) is 0 Å². The number of fused-ring (bicyclic) bond motifs is 1. The number of hydrogen-bond donors (Lipinski definition) is 3.